The second-order valence-electron chi connectivity index (χ2n) is 4.55. The highest BCUT2D eigenvalue weighted by Gasteiger charge is 2.40. The molecule has 1 heterocycles. The number of carbonyl (C=O) groups excluding carboxylic acids is 1. The number of halogens is 1. The maximum absolute atomic E-state index is 11.9. The monoisotopic (exact) mass is 354 g/mol. The van der Waals surface area contributed by atoms with Gasteiger partial charge in [0.1, 0.15) is 12.1 Å². The van der Waals surface area contributed by atoms with Crippen molar-refractivity contribution in [1.82, 2.24) is 4.42 Å². The molecule has 24 heavy (non-hydrogen) atoms. The fourth-order valence-electron chi connectivity index (χ4n) is 2.08. The number of nitrogens with one attached hydrogen (secondary N) is 1. The highest BCUT2D eigenvalue weighted by molar-refractivity contribution is 6.19. The van der Waals surface area contributed by atoms with Crippen LogP contribution < -0.4 is 10.1 Å². The number of nitro groups is 1. The predicted octanol–water partition coefficient (Wildman–Crippen LogP) is 1.98. The third-order valence-electron chi connectivity index (χ3n) is 3.11. The molecule has 2 rings (SSSR count). The molecule has 1 aromatic rings. The Labute approximate surface area is 142 Å². The molecule has 1 N–H and O–H groups in total. The van der Waals surface area contributed by atoms with Gasteiger partial charge < -0.3 is 14.8 Å². The molecule has 0 fully saturated rings. The summed E-state index contributed by atoms with van der Waals surface area (Å²) in [6.45, 7) is 1.66. The number of nitrogens with zero attached hydrogens (tertiary/aromatic N) is 3. The van der Waals surface area contributed by atoms with E-state index in [0.29, 0.717) is 11.4 Å². The van der Waals surface area contributed by atoms with Crippen molar-refractivity contribution in [3.8, 4) is 5.75 Å². The summed E-state index contributed by atoms with van der Waals surface area (Å²) >= 11 is 6.00. The smallest absolute Gasteiger partial charge is 0.364 e. The molecule has 0 aliphatic carbocycles. The van der Waals surface area contributed by atoms with Crippen molar-refractivity contribution in [3.63, 3.8) is 0 Å². The van der Waals surface area contributed by atoms with Gasteiger partial charge in [0.2, 0.25) is 11.9 Å². The zero-order chi connectivity index (χ0) is 17.7. The van der Waals surface area contributed by atoms with Crippen molar-refractivity contribution in [2.45, 2.75) is 13.1 Å². The minimum Gasteiger partial charge on any atom is -0.495 e. The lowest BCUT2D eigenvalue weighted by Crippen LogP contribution is -2.42. The van der Waals surface area contributed by atoms with Crippen LogP contribution in [0.2, 0.25) is 0 Å². The fourth-order valence-corrected chi connectivity index (χ4v) is 2.26. The molecule has 0 amide bonds. The lowest BCUT2D eigenvalue weighted by atomic mass is 10.2. The summed E-state index contributed by atoms with van der Waals surface area (Å²) in [6, 6.07) is 6.82. The molecule has 1 aromatic carbocycles. The number of rotatable bonds is 6. The molecule has 1 aliphatic rings. The number of aliphatic imine (C=N–C) groups is 1. The molecule has 0 saturated heterocycles. The van der Waals surface area contributed by atoms with Gasteiger partial charge in [0.05, 0.1) is 24.3 Å². The number of esters is 1. The van der Waals surface area contributed by atoms with Gasteiger partial charge in [-0.05, 0) is 19.1 Å². The van der Waals surface area contributed by atoms with Crippen molar-refractivity contribution in [2.75, 3.05) is 19.0 Å². The molecule has 0 spiro atoms. The summed E-state index contributed by atoms with van der Waals surface area (Å²) in [4.78, 5) is 26.4. The van der Waals surface area contributed by atoms with Crippen LogP contribution >= 0.6 is 11.8 Å². The van der Waals surface area contributed by atoms with Crippen LogP contribution in [0.4, 0.5) is 5.69 Å². The molecular weight excluding hydrogens is 340 g/mol. The van der Waals surface area contributed by atoms with E-state index in [4.69, 9.17) is 21.3 Å². The normalized spacial score (nSPS) is 16.8. The van der Waals surface area contributed by atoms with Gasteiger partial charge in [-0.2, -0.15) is 0 Å². The minimum absolute atomic E-state index is 0.0675. The van der Waals surface area contributed by atoms with Crippen LogP contribution in [0, 0.1) is 10.1 Å². The van der Waals surface area contributed by atoms with Crippen LogP contribution in [0.15, 0.2) is 40.7 Å². The van der Waals surface area contributed by atoms with Crippen molar-refractivity contribution in [3.05, 3.63) is 45.8 Å². The van der Waals surface area contributed by atoms with Crippen LogP contribution in [0.5, 0.6) is 5.75 Å². The molecule has 1 atom stereocenters. The van der Waals surface area contributed by atoms with E-state index in [2.05, 4.69) is 10.3 Å². The maximum Gasteiger partial charge on any atom is 0.364 e. The molecule has 1 unspecified atom stereocenters. The molecule has 1 aliphatic heterocycles. The molecule has 0 saturated carbocycles. The van der Waals surface area contributed by atoms with E-state index in [0.717, 1.165) is 10.8 Å². The lowest BCUT2D eigenvalue weighted by Gasteiger charge is -2.26. The molecule has 0 radical (unpaired) electrons. The summed E-state index contributed by atoms with van der Waals surface area (Å²) in [5.41, 5.74) is -0.462. The van der Waals surface area contributed by atoms with E-state index in [-0.39, 0.29) is 6.61 Å². The standard InChI is InChI=1S/C14H15ClN4O5/c1-3-24-14(20)11-12(19(21)22)13(18(15)8-16-11)17-9-6-4-5-7-10(9)23-2/h4-8,13,17H,3H2,1-2H3. The van der Waals surface area contributed by atoms with Crippen LogP contribution in [0.25, 0.3) is 0 Å². The summed E-state index contributed by atoms with van der Waals surface area (Å²) in [5.74, 6) is -0.428. The molecule has 9 nitrogen and oxygen atoms in total. The van der Waals surface area contributed by atoms with Gasteiger partial charge in [-0.25, -0.2) is 14.2 Å². The van der Waals surface area contributed by atoms with Crippen molar-refractivity contribution < 1.29 is 19.2 Å². The summed E-state index contributed by atoms with van der Waals surface area (Å²) in [6.07, 6.45) is -0.0386. The second kappa shape index (κ2) is 7.64. The number of carbonyl (C=O) groups is 1. The number of anilines is 1. The van der Waals surface area contributed by atoms with Crippen LogP contribution in [0.1, 0.15) is 6.92 Å². The molecule has 0 bridgehead atoms. The summed E-state index contributed by atoms with van der Waals surface area (Å²) in [7, 11) is 1.47. The van der Waals surface area contributed by atoms with Gasteiger partial charge in [0, 0.05) is 11.8 Å². The predicted molar refractivity (Wildman–Crippen MR) is 87.2 cm³/mol. The van der Waals surface area contributed by atoms with Gasteiger partial charge in [0.25, 0.3) is 0 Å². The van der Waals surface area contributed by atoms with Gasteiger partial charge in [0.15, 0.2) is 0 Å². The van der Waals surface area contributed by atoms with E-state index in [9.17, 15) is 14.9 Å². The van der Waals surface area contributed by atoms with E-state index in [1.54, 1.807) is 31.2 Å². The Morgan fingerprint density at radius 3 is 2.83 bits per heavy atom. The lowest BCUT2D eigenvalue weighted by molar-refractivity contribution is -0.432. The first-order valence-corrected chi connectivity index (χ1v) is 7.27. The van der Waals surface area contributed by atoms with Gasteiger partial charge in [-0.1, -0.05) is 12.1 Å². The molecular formula is C14H15ClN4O5. The quantitative estimate of drug-likeness (QED) is 0.360. The zero-order valence-corrected chi connectivity index (χ0v) is 13.7. The highest BCUT2D eigenvalue weighted by Crippen LogP contribution is 2.29. The maximum atomic E-state index is 11.9. The average Bonchev–Trinajstić information content (AvgIpc) is 2.56. The molecule has 128 valence electrons. The highest BCUT2D eigenvalue weighted by atomic mass is 35.5. The summed E-state index contributed by atoms with van der Waals surface area (Å²) in [5, 5.41) is 14.4. The number of para-hydroxylation sites is 2. The molecule has 10 heteroatoms. The van der Waals surface area contributed by atoms with E-state index in [1.165, 1.54) is 7.11 Å². The van der Waals surface area contributed by atoms with Crippen LogP contribution in [-0.4, -0.2) is 41.5 Å². The Hall–Kier alpha value is -2.81. The Balaban J connectivity index is 2.44. The second-order valence-corrected chi connectivity index (χ2v) is 4.94. The fraction of sp³-hybridized carbons (Fsp3) is 0.286. The Kier molecular flexibility index (Phi) is 5.59. The number of benzene rings is 1. The number of hydrogen-bond donors (Lipinski definition) is 1. The first-order valence-electron chi connectivity index (χ1n) is 6.93. The van der Waals surface area contributed by atoms with Gasteiger partial charge in [-0.3, -0.25) is 10.1 Å². The number of hydrogen-bond acceptors (Lipinski definition) is 8. The third kappa shape index (κ3) is 3.57. The van der Waals surface area contributed by atoms with Crippen molar-refractivity contribution in [1.29, 1.82) is 0 Å². The first-order chi connectivity index (χ1) is 11.5. The van der Waals surface area contributed by atoms with Gasteiger partial charge in [-0.15, -0.1) is 0 Å². The van der Waals surface area contributed by atoms with E-state index < -0.39 is 28.5 Å². The number of methoxy groups -OCH3 is 1. The van der Waals surface area contributed by atoms with Crippen LogP contribution in [-0.2, 0) is 9.53 Å². The Bertz CT molecular complexity index is 706. The van der Waals surface area contributed by atoms with Gasteiger partial charge >= 0.3 is 11.7 Å². The topological polar surface area (TPSA) is 106 Å². The molecule has 0 aromatic heterocycles. The van der Waals surface area contributed by atoms with Crippen molar-refractivity contribution >= 4 is 29.8 Å². The average molecular weight is 355 g/mol. The summed E-state index contributed by atoms with van der Waals surface area (Å²) < 4.78 is 11.0. The van der Waals surface area contributed by atoms with Crippen LogP contribution in [0.3, 0.4) is 0 Å². The number of ether oxygens (including phenoxy) is 2. The van der Waals surface area contributed by atoms with Crippen molar-refractivity contribution in [2.24, 2.45) is 4.99 Å². The first kappa shape index (κ1) is 17.5. The Morgan fingerprint density at radius 2 is 2.21 bits per heavy atom. The SMILES string of the molecule is CCOC(=O)C1=C([N+](=O)[O-])C(Nc2ccccc2OC)N(Cl)C=N1. The Morgan fingerprint density at radius 1 is 1.50 bits per heavy atom. The zero-order valence-electron chi connectivity index (χ0n) is 12.9. The van der Waals surface area contributed by atoms with E-state index in [1.807, 2.05) is 0 Å². The van der Waals surface area contributed by atoms with E-state index >= 15 is 0 Å². The largest absolute Gasteiger partial charge is 0.495 e. The third-order valence-corrected chi connectivity index (χ3v) is 3.39. The minimum atomic E-state index is -1.14.